The fourth-order valence-electron chi connectivity index (χ4n) is 1.88. The first-order chi connectivity index (χ1) is 8.50. The van der Waals surface area contributed by atoms with Gasteiger partial charge in [0, 0.05) is 12.2 Å². The summed E-state index contributed by atoms with van der Waals surface area (Å²) in [6.07, 6.45) is 1.65. The van der Waals surface area contributed by atoms with Gasteiger partial charge in [-0.2, -0.15) is 5.10 Å². The zero-order valence-corrected chi connectivity index (χ0v) is 10.3. The molecule has 0 radical (unpaired) electrons. The Balaban J connectivity index is 2.38. The average Bonchev–Trinajstić information content (AvgIpc) is 2.81. The van der Waals surface area contributed by atoms with Crippen molar-refractivity contribution >= 4 is 0 Å². The lowest BCUT2D eigenvalue weighted by molar-refractivity contribution is 0.493. The number of halogens is 2. The third-order valence-electron chi connectivity index (χ3n) is 2.81. The second kappa shape index (κ2) is 4.86. The molecule has 1 heterocycles. The molecule has 1 aromatic carbocycles. The van der Waals surface area contributed by atoms with E-state index in [0.29, 0.717) is 5.56 Å². The molecule has 5 heteroatoms. The molecule has 0 saturated carbocycles. The van der Waals surface area contributed by atoms with Crippen molar-refractivity contribution in [2.24, 2.45) is 5.73 Å². The van der Waals surface area contributed by atoms with Gasteiger partial charge < -0.3 is 5.73 Å². The Morgan fingerprint density at radius 3 is 2.50 bits per heavy atom. The van der Waals surface area contributed by atoms with Crippen molar-refractivity contribution in [2.75, 3.05) is 0 Å². The van der Waals surface area contributed by atoms with Gasteiger partial charge in [-0.15, -0.1) is 0 Å². The molecule has 96 valence electrons. The molecule has 1 aromatic heterocycles. The second-order valence-electron chi connectivity index (χ2n) is 4.45. The maximum atomic E-state index is 13.2. The number of hydrogen-bond donors (Lipinski definition) is 1. The molecule has 0 amide bonds. The first-order valence-corrected chi connectivity index (χ1v) is 5.74. The molecular formula is C13H15F2N3. The molecule has 3 nitrogen and oxygen atoms in total. The molecule has 0 spiro atoms. The van der Waals surface area contributed by atoms with Crippen LogP contribution in [0.25, 0.3) is 0 Å². The van der Waals surface area contributed by atoms with Crippen LogP contribution in [-0.2, 0) is 0 Å². The summed E-state index contributed by atoms with van der Waals surface area (Å²) in [5.41, 5.74) is 7.37. The van der Waals surface area contributed by atoms with Gasteiger partial charge in [0.1, 0.15) is 0 Å². The summed E-state index contributed by atoms with van der Waals surface area (Å²) < 4.78 is 27.8. The van der Waals surface area contributed by atoms with Crippen LogP contribution in [0, 0.1) is 11.6 Å². The van der Waals surface area contributed by atoms with Gasteiger partial charge >= 0.3 is 0 Å². The van der Waals surface area contributed by atoms with Gasteiger partial charge in [0.25, 0.3) is 0 Å². The average molecular weight is 251 g/mol. The summed E-state index contributed by atoms with van der Waals surface area (Å²) in [7, 11) is 0. The van der Waals surface area contributed by atoms with Crippen molar-refractivity contribution in [3.63, 3.8) is 0 Å². The van der Waals surface area contributed by atoms with E-state index in [0.717, 1.165) is 17.8 Å². The lowest BCUT2D eigenvalue weighted by atomic mass is 10.0. The Labute approximate surface area is 104 Å². The normalized spacial score (nSPS) is 13.0. The van der Waals surface area contributed by atoms with E-state index in [-0.39, 0.29) is 6.04 Å². The van der Waals surface area contributed by atoms with E-state index < -0.39 is 17.7 Å². The molecule has 2 rings (SSSR count). The van der Waals surface area contributed by atoms with E-state index in [2.05, 4.69) is 5.10 Å². The van der Waals surface area contributed by atoms with E-state index in [4.69, 9.17) is 5.73 Å². The molecule has 1 unspecified atom stereocenters. The zero-order valence-electron chi connectivity index (χ0n) is 10.3. The van der Waals surface area contributed by atoms with Gasteiger partial charge in [-0.1, -0.05) is 6.07 Å². The van der Waals surface area contributed by atoms with Crippen molar-refractivity contribution < 1.29 is 8.78 Å². The Morgan fingerprint density at radius 2 is 1.89 bits per heavy atom. The van der Waals surface area contributed by atoms with Crippen LogP contribution in [0.3, 0.4) is 0 Å². The molecule has 18 heavy (non-hydrogen) atoms. The van der Waals surface area contributed by atoms with E-state index in [1.54, 1.807) is 16.9 Å². The molecule has 1 atom stereocenters. The number of hydrogen-bond acceptors (Lipinski definition) is 2. The van der Waals surface area contributed by atoms with Crippen LogP contribution in [0.1, 0.15) is 37.2 Å². The van der Waals surface area contributed by atoms with E-state index in [9.17, 15) is 8.78 Å². The SMILES string of the molecule is CC(C)n1nccc1C(N)c1ccc(F)c(F)c1. The Bertz CT molecular complexity index is 549. The van der Waals surface area contributed by atoms with Crippen LogP contribution in [0.5, 0.6) is 0 Å². The summed E-state index contributed by atoms with van der Waals surface area (Å²) in [4.78, 5) is 0. The van der Waals surface area contributed by atoms with Gasteiger partial charge in [0.2, 0.25) is 0 Å². The number of rotatable bonds is 3. The lowest BCUT2D eigenvalue weighted by Crippen LogP contribution is -2.19. The second-order valence-corrected chi connectivity index (χ2v) is 4.45. The highest BCUT2D eigenvalue weighted by atomic mass is 19.2. The Hall–Kier alpha value is -1.75. The third-order valence-corrected chi connectivity index (χ3v) is 2.81. The lowest BCUT2D eigenvalue weighted by Gasteiger charge is -2.17. The van der Waals surface area contributed by atoms with Gasteiger partial charge in [-0.3, -0.25) is 4.68 Å². The molecule has 0 aliphatic rings. The molecular weight excluding hydrogens is 236 g/mol. The van der Waals surface area contributed by atoms with Gasteiger partial charge in [0.15, 0.2) is 11.6 Å². The molecule has 0 bridgehead atoms. The first kappa shape index (κ1) is 12.7. The third kappa shape index (κ3) is 2.26. The predicted octanol–water partition coefficient (Wildman–Crippen LogP) is 2.79. The van der Waals surface area contributed by atoms with E-state index in [1.807, 2.05) is 13.8 Å². The number of nitrogens with zero attached hydrogens (tertiary/aromatic N) is 2. The molecule has 2 N–H and O–H groups in total. The summed E-state index contributed by atoms with van der Waals surface area (Å²) >= 11 is 0. The van der Waals surface area contributed by atoms with Gasteiger partial charge in [-0.25, -0.2) is 8.78 Å². The van der Waals surface area contributed by atoms with Crippen molar-refractivity contribution in [2.45, 2.75) is 25.9 Å². The molecule has 0 saturated heterocycles. The van der Waals surface area contributed by atoms with Crippen LogP contribution in [0.2, 0.25) is 0 Å². The highest BCUT2D eigenvalue weighted by Gasteiger charge is 2.17. The van der Waals surface area contributed by atoms with Crippen LogP contribution in [0.4, 0.5) is 8.78 Å². The Kier molecular flexibility index (Phi) is 3.43. The Morgan fingerprint density at radius 1 is 1.17 bits per heavy atom. The van der Waals surface area contributed by atoms with Crippen LogP contribution >= 0.6 is 0 Å². The van der Waals surface area contributed by atoms with E-state index in [1.165, 1.54) is 6.07 Å². The largest absolute Gasteiger partial charge is 0.319 e. The molecule has 0 fully saturated rings. The van der Waals surface area contributed by atoms with Gasteiger partial charge in [-0.05, 0) is 37.6 Å². The zero-order chi connectivity index (χ0) is 13.3. The first-order valence-electron chi connectivity index (χ1n) is 5.74. The standard InChI is InChI=1S/C13H15F2N3/c1-8(2)18-12(5-6-17-18)13(16)9-3-4-10(14)11(15)7-9/h3-8,13H,16H2,1-2H3. The van der Waals surface area contributed by atoms with Crippen LogP contribution in [-0.4, -0.2) is 9.78 Å². The van der Waals surface area contributed by atoms with Crippen LogP contribution in [0.15, 0.2) is 30.5 Å². The summed E-state index contributed by atoms with van der Waals surface area (Å²) in [5.74, 6) is -1.76. The maximum absolute atomic E-state index is 13.2. The van der Waals surface area contributed by atoms with Crippen molar-refractivity contribution in [3.05, 3.63) is 53.4 Å². The predicted molar refractivity (Wildman–Crippen MR) is 65.0 cm³/mol. The van der Waals surface area contributed by atoms with Crippen molar-refractivity contribution in [1.29, 1.82) is 0 Å². The summed E-state index contributed by atoms with van der Waals surface area (Å²) in [5, 5.41) is 4.17. The number of nitrogens with two attached hydrogens (primary N) is 1. The van der Waals surface area contributed by atoms with Crippen molar-refractivity contribution in [3.8, 4) is 0 Å². The number of benzene rings is 1. The van der Waals surface area contributed by atoms with E-state index >= 15 is 0 Å². The minimum atomic E-state index is -0.890. The summed E-state index contributed by atoms with van der Waals surface area (Å²) in [6.45, 7) is 3.96. The minimum absolute atomic E-state index is 0.159. The summed E-state index contributed by atoms with van der Waals surface area (Å²) in [6, 6.07) is 5.11. The van der Waals surface area contributed by atoms with Crippen molar-refractivity contribution in [1.82, 2.24) is 9.78 Å². The molecule has 0 aliphatic heterocycles. The monoisotopic (exact) mass is 251 g/mol. The fourth-order valence-corrected chi connectivity index (χ4v) is 1.88. The highest BCUT2D eigenvalue weighted by Crippen LogP contribution is 2.23. The quantitative estimate of drug-likeness (QED) is 0.911. The molecule has 2 aromatic rings. The number of aromatic nitrogens is 2. The maximum Gasteiger partial charge on any atom is 0.159 e. The van der Waals surface area contributed by atoms with Crippen LogP contribution < -0.4 is 5.73 Å². The smallest absolute Gasteiger partial charge is 0.159 e. The minimum Gasteiger partial charge on any atom is -0.319 e. The fraction of sp³-hybridized carbons (Fsp3) is 0.308. The highest BCUT2D eigenvalue weighted by molar-refractivity contribution is 5.28. The van der Waals surface area contributed by atoms with Gasteiger partial charge in [0.05, 0.1) is 11.7 Å². The molecule has 0 aliphatic carbocycles. The topological polar surface area (TPSA) is 43.8 Å².